The third kappa shape index (κ3) is 4.22. The van der Waals surface area contributed by atoms with E-state index in [4.69, 9.17) is 5.73 Å². The minimum Gasteiger partial charge on any atom is -0.399 e. The van der Waals surface area contributed by atoms with Gasteiger partial charge in [0.05, 0.1) is 18.3 Å². The van der Waals surface area contributed by atoms with Gasteiger partial charge in [0.1, 0.15) is 5.82 Å². The van der Waals surface area contributed by atoms with E-state index >= 15 is 0 Å². The van der Waals surface area contributed by atoms with Gasteiger partial charge in [0.15, 0.2) is 0 Å². The van der Waals surface area contributed by atoms with Gasteiger partial charge in [0.2, 0.25) is 5.91 Å². The van der Waals surface area contributed by atoms with E-state index in [0.29, 0.717) is 17.9 Å². The van der Waals surface area contributed by atoms with Crippen LogP contribution in [0.15, 0.2) is 42.6 Å². The Morgan fingerprint density at radius 3 is 2.48 bits per heavy atom. The fourth-order valence-electron chi connectivity index (χ4n) is 2.81. The highest BCUT2D eigenvalue weighted by Gasteiger charge is 2.11. The maximum Gasteiger partial charge on any atom is 0.229 e. The minimum atomic E-state index is -0.0759. The van der Waals surface area contributed by atoms with Gasteiger partial charge in [-0.1, -0.05) is 12.1 Å². The molecule has 0 radical (unpaired) electrons. The Morgan fingerprint density at radius 2 is 1.83 bits per heavy atom. The number of nitrogens with zero attached hydrogens (tertiary/aromatic N) is 2. The zero-order chi connectivity index (χ0) is 16.1. The molecule has 1 fully saturated rings. The summed E-state index contributed by atoms with van der Waals surface area (Å²) in [5.41, 5.74) is 8.40. The molecule has 0 unspecified atom stereocenters. The molecule has 0 bridgehead atoms. The van der Waals surface area contributed by atoms with Gasteiger partial charge in [-0.3, -0.25) is 4.79 Å². The number of piperidine rings is 1. The molecule has 23 heavy (non-hydrogen) atoms. The summed E-state index contributed by atoms with van der Waals surface area (Å²) < 4.78 is 0. The molecule has 0 aliphatic carbocycles. The lowest BCUT2D eigenvalue weighted by molar-refractivity contribution is -0.115. The van der Waals surface area contributed by atoms with Gasteiger partial charge in [-0.25, -0.2) is 4.98 Å². The number of carbonyl (C=O) groups excluding carboxylic acids is 1. The highest BCUT2D eigenvalue weighted by Crippen LogP contribution is 2.20. The van der Waals surface area contributed by atoms with E-state index in [9.17, 15) is 4.79 Å². The van der Waals surface area contributed by atoms with Crippen molar-refractivity contribution < 1.29 is 4.79 Å². The highest BCUT2D eigenvalue weighted by atomic mass is 16.1. The number of anilines is 3. The largest absolute Gasteiger partial charge is 0.399 e. The van der Waals surface area contributed by atoms with Gasteiger partial charge in [-0.2, -0.15) is 0 Å². The van der Waals surface area contributed by atoms with Gasteiger partial charge in [0, 0.05) is 18.8 Å². The van der Waals surface area contributed by atoms with Crippen LogP contribution in [0.2, 0.25) is 0 Å². The molecule has 120 valence electrons. The minimum absolute atomic E-state index is 0.0759. The van der Waals surface area contributed by atoms with Crippen LogP contribution in [0.1, 0.15) is 24.8 Å². The number of carbonyl (C=O) groups is 1. The van der Waals surface area contributed by atoms with Crippen LogP contribution >= 0.6 is 0 Å². The number of amides is 1. The molecule has 1 aromatic carbocycles. The molecule has 1 amide bonds. The molecule has 0 spiro atoms. The molecule has 1 aliphatic rings. The lowest BCUT2D eigenvalue weighted by Crippen LogP contribution is -2.29. The second-order valence-electron chi connectivity index (χ2n) is 5.92. The van der Waals surface area contributed by atoms with Gasteiger partial charge in [-0.05, 0) is 49.1 Å². The van der Waals surface area contributed by atoms with E-state index in [0.717, 1.165) is 24.3 Å². The molecule has 0 atom stereocenters. The van der Waals surface area contributed by atoms with E-state index in [1.165, 1.54) is 19.3 Å². The topological polar surface area (TPSA) is 71.2 Å². The molecular weight excluding hydrogens is 288 g/mol. The Kier molecular flexibility index (Phi) is 4.76. The third-order valence-corrected chi connectivity index (χ3v) is 4.08. The summed E-state index contributed by atoms with van der Waals surface area (Å²) in [6, 6.07) is 11.2. The van der Waals surface area contributed by atoms with Crippen molar-refractivity contribution in [1.29, 1.82) is 0 Å². The molecule has 0 saturated carbocycles. The summed E-state index contributed by atoms with van der Waals surface area (Å²) in [6.07, 6.45) is 5.93. The summed E-state index contributed by atoms with van der Waals surface area (Å²) >= 11 is 0. The molecule has 1 aliphatic heterocycles. The van der Waals surface area contributed by atoms with Crippen molar-refractivity contribution in [3.63, 3.8) is 0 Å². The maximum atomic E-state index is 12.1. The van der Waals surface area contributed by atoms with Gasteiger partial charge in [-0.15, -0.1) is 0 Å². The van der Waals surface area contributed by atoms with Crippen molar-refractivity contribution in [1.82, 2.24) is 4.98 Å². The van der Waals surface area contributed by atoms with Crippen LogP contribution in [0.4, 0.5) is 17.2 Å². The number of hydrogen-bond donors (Lipinski definition) is 2. The molecule has 3 N–H and O–H groups in total. The average molecular weight is 310 g/mol. The van der Waals surface area contributed by atoms with Crippen molar-refractivity contribution in [3.05, 3.63) is 48.2 Å². The van der Waals surface area contributed by atoms with Crippen LogP contribution in [0, 0.1) is 0 Å². The fraction of sp³-hybridized carbons (Fsp3) is 0.333. The zero-order valence-corrected chi connectivity index (χ0v) is 13.2. The Balaban J connectivity index is 1.57. The third-order valence-electron chi connectivity index (χ3n) is 4.08. The predicted octanol–water partition coefficient (Wildman–Crippen LogP) is 2.84. The first kappa shape index (κ1) is 15.3. The Hall–Kier alpha value is -2.56. The van der Waals surface area contributed by atoms with Crippen LogP contribution in [0.3, 0.4) is 0 Å². The molecule has 1 aromatic heterocycles. The lowest BCUT2D eigenvalue weighted by atomic mass is 10.1. The molecule has 5 nitrogen and oxygen atoms in total. The zero-order valence-electron chi connectivity index (χ0n) is 13.2. The highest BCUT2D eigenvalue weighted by molar-refractivity contribution is 5.91. The smallest absolute Gasteiger partial charge is 0.229 e. The van der Waals surface area contributed by atoms with Crippen LogP contribution in [0.5, 0.6) is 0 Å². The van der Waals surface area contributed by atoms with Crippen molar-refractivity contribution >= 4 is 23.1 Å². The summed E-state index contributed by atoms with van der Waals surface area (Å²) in [4.78, 5) is 18.8. The second-order valence-corrected chi connectivity index (χ2v) is 5.92. The summed E-state index contributed by atoms with van der Waals surface area (Å²) in [5.74, 6) is 0.513. The van der Waals surface area contributed by atoms with Crippen molar-refractivity contribution in [2.75, 3.05) is 29.0 Å². The van der Waals surface area contributed by atoms with E-state index < -0.39 is 0 Å². The van der Waals surface area contributed by atoms with Crippen molar-refractivity contribution in [2.24, 2.45) is 0 Å². The van der Waals surface area contributed by atoms with E-state index in [-0.39, 0.29) is 5.91 Å². The summed E-state index contributed by atoms with van der Waals surface area (Å²) in [6.45, 7) is 2.18. The fourth-order valence-corrected chi connectivity index (χ4v) is 2.81. The molecule has 2 aromatic rings. The normalized spacial score (nSPS) is 14.5. The first-order valence-electron chi connectivity index (χ1n) is 8.06. The molecule has 1 saturated heterocycles. The van der Waals surface area contributed by atoms with Crippen molar-refractivity contribution in [2.45, 2.75) is 25.7 Å². The molecule has 3 rings (SSSR count). The van der Waals surface area contributed by atoms with Crippen LogP contribution < -0.4 is 16.0 Å². The monoisotopic (exact) mass is 310 g/mol. The number of hydrogen-bond acceptors (Lipinski definition) is 4. The number of rotatable bonds is 4. The van der Waals surface area contributed by atoms with E-state index in [2.05, 4.69) is 15.2 Å². The van der Waals surface area contributed by atoms with E-state index in [1.807, 2.05) is 30.5 Å². The van der Waals surface area contributed by atoms with Crippen LogP contribution in [-0.4, -0.2) is 24.0 Å². The Labute approximate surface area is 136 Å². The molecule has 2 heterocycles. The number of aromatic nitrogens is 1. The lowest BCUT2D eigenvalue weighted by Gasteiger charge is -2.28. The number of pyridine rings is 1. The molecule has 5 heteroatoms. The van der Waals surface area contributed by atoms with Gasteiger partial charge < -0.3 is 16.0 Å². The number of nitrogens with one attached hydrogen (secondary N) is 1. The Bertz CT molecular complexity index is 646. The van der Waals surface area contributed by atoms with Crippen LogP contribution in [-0.2, 0) is 11.2 Å². The standard InChI is InChI=1S/C18H22N4O/c19-15-6-4-14(5-7-15)12-18(23)21-17-9-8-16(13-20-17)22-10-2-1-3-11-22/h4-9,13H,1-3,10-12,19H2,(H,20,21,23). The quantitative estimate of drug-likeness (QED) is 0.852. The second kappa shape index (κ2) is 7.13. The predicted molar refractivity (Wildman–Crippen MR) is 93.5 cm³/mol. The maximum absolute atomic E-state index is 12.1. The first-order valence-corrected chi connectivity index (χ1v) is 8.06. The summed E-state index contributed by atoms with van der Waals surface area (Å²) in [5, 5.41) is 2.84. The Morgan fingerprint density at radius 1 is 1.09 bits per heavy atom. The summed E-state index contributed by atoms with van der Waals surface area (Å²) in [7, 11) is 0. The SMILES string of the molecule is Nc1ccc(CC(=O)Nc2ccc(N3CCCCC3)cn2)cc1. The average Bonchev–Trinajstić information content (AvgIpc) is 2.58. The van der Waals surface area contributed by atoms with Crippen molar-refractivity contribution in [3.8, 4) is 0 Å². The van der Waals surface area contributed by atoms with Gasteiger partial charge >= 0.3 is 0 Å². The molecular formula is C18H22N4O. The first-order chi connectivity index (χ1) is 11.2. The van der Waals surface area contributed by atoms with E-state index in [1.54, 1.807) is 12.1 Å². The van der Waals surface area contributed by atoms with Gasteiger partial charge in [0.25, 0.3) is 0 Å². The number of nitrogen functional groups attached to an aromatic ring is 1. The number of nitrogens with two attached hydrogens (primary N) is 1. The van der Waals surface area contributed by atoms with Crippen LogP contribution in [0.25, 0.3) is 0 Å². The number of benzene rings is 1.